The van der Waals surface area contributed by atoms with Gasteiger partial charge in [0.25, 0.3) is 0 Å². The fourth-order valence-electron chi connectivity index (χ4n) is 2.99. The molecule has 4 heteroatoms. The molecule has 1 saturated carbocycles. The summed E-state index contributed by atoms with van der Waals surface area (Å²) >= 11 is 0. The van der Waals surface area contributed by atoms with Crippen molar-refractivity contribution in [3.05, 3.63) is 0 Å². The zero-order valence-electron chi connectivity index (χ0n) is 11.7. The summed E-state index contributed by atoms with van der Waals surface area (Å²) in [5.74, 6) is -2.13. The zero-order chi connectivity index (χ0) is 13.9. The molecular weight excluding hydrogens is 232 g/mol. The standard InChI is InChI=1S/C14H24O4/c1-5-10-7-6-9(4)11(13(15)16)12(10)14(17)18-8(2)3/h8-12H,5-7H2,1-4H3,(H,15,16). The largest absolute Gasteiger partial charge is 0.481 e. The van der Waals surface area contributed by atoms with Crippen LogP contribution in [0, 0.1) is 23.7 Å². The van der Waals surface area contributed by atoms with Gasteiger partial charge in [0.15, 0.2) is 0 Å². The molecule has 0 aromatic rings. The molecule has 0 aromatic carbocycles. The first kappa shape index (κ1) is 15.0. The number of carbonyl (C=O) groups is 2. The Morgan fingerprint density at radius 1 is 1.28 bits per heavy atom. The van der Waals surface area contributed by atoms with E-state index in [4.69, 9.17) is 4.74 Å². The van der Waals surface area contributed by atoms with Gasteiger partial charge >= 0.3 is 11.9 Å². The van der Waals surface area contributed by atoms with Crippen molar-refractivity contribution in [2.45, 2.75) is 53.1 Å². The molecule has 0 saturated heterocycles. The molecule has 0 spiro atoms. The van der Waals surface area contributed by atoms with Crippen LogP contribution in [0.4, 0.5) is 0 Å². The molecule has 18 heavy (non-hydrogen) atoms. The average Bonchev–Trinajstić information content (AvgIpc) is 2.26. The van der Waals surface area contributed by atoms with E-state index in [0.29, 0.717) is 0 Å². The van der Waals surface area contributed by atoms with E-state index in [1.165, 1.54) is 0 Å². The van der Waals surface area contributed by atoms with E-state index in [1.807, 2.05) is 13.8 Å². The Bertz CT molecular complexity index is 311. The second-order valence-corrected chi connectivity index (χ2v) is 5.60. The Hall–Kier alpha value is -1.06. The summed E-state index contributed by atoms with van der Waals surface area (Å²) in [5.41, 5.74) is 0. The van der Waals surface area contributed by atoms with E-state index < -0.39 is 17.8 Å². The van der Waals surface area contributed by atoms with Crippen LogP contribution < -0.4 is 0 Å². The van der Waals surface area contributed by atoms with Crippen molar-refractivity contribution < 1.29 is 19.4 Å². The highest BCUT2D eigenvalue weighted by Crippen LogP contribution is 2.41. The van der Waals surface area contributed by atoms with Gasteiger partial charge in [0, 0.05) is 0 Å². The van der Waals surface area contributed by atoms with Gasteiger partial charge in [-0.3, -0.25) is 9.59 Å². The van der Waals surface area contributed by atoms with Crippen LogP contribution >= 0.6 is 0 Å². The van der Waals surface area contributed by atoms with Gasteiger partial charge < -0.3 is 9.84 Å². The third kappa shape index (κ3) is 3.24. The van der Waals surface area contributed by atoms with E-state index in [0.717, 1.165) is 19.3 Å². The Morgan fingerprint density at radius 2 is 1.89 bits per heavy atom. The maximum absolute atomic E-state index is 12.2. The number of carboxylic acids is 1. The molecule has 0 aliphatic heterocycles. The quantitative estimate of drug-likeness (QED) is 0.785. The molecule has 1 N–H and O–H groups in total. The van der Waals surface area contributed by atoms with Crippen LogP contribution in [0.15, 0.2) is 0 Å². The summed E-state index contributed by atoms with van der Waals surface area (Å²) in [6.45, 7) is 7.51. The number of hydrogen-bond donors (Lipinski definition) is 1. The van der Waals surface area contributed by atoms with E-state index in [1.54, 1.807) is 13.8 Å². The van der Waals surface area contributed by atoms with Crippen molar-refractivity contribution in [2.24, 2.45) is 23.7 Å². The van der Waals surface area contributed by atoms with Crippen molar-refractivity contribution in [2.75, 3.05) is 0 Å². The Balaban J connectivity index is 2.95. The number of rotatable bonds is 4. The lowest BCUT2D eigenvalue weighted by Crippen LogP contribution is -2.43. The summed E-state index contributed by atoms with van der Waals surface area (Å²) in [5, 5.41) is 9.37. The van der Waals surface area contributed by atoms with Gasteiger partial charge in [0.05, 0.1) is 17.9 Å². The van der Waals surface area contributed by atoms with Crippen LogP contribution in [-0.4, -0.2) is 23.1 Å². The zero-order valence-corrected chi connectivity index (χ0v) is 11.7. The second-order valence-electron chi connectivity index (χ2n) is 5.60. The third-order valence-electron chi connectivity index (χ3n) is 3.93. The number of ether oxygens (including phenoxy) is 1. The fourth-order valence-corrected chi connectivity index (χ4v) is 2.99. The number of aliphatic carboxylic acids is 1. The van der Waals surface area contributed by atoms with Gasteiger partial charge in [-0.15, -0.1) is 0 Å². The molecule has 1 aliphatic rings. The first-order valence-corrected chi connectivity index (χ1v) is 6.81. The summed E-state index contributed by atoms with van der Waals surface area (Å²) in [6.07, 6.45) is 2.43. The summed E-state index contributed by atoms with van der Waals surface area (Å²) in [6, 6.07) is 0. The SMILES string of the molecule is CCC1CCC(C)C(C(=O)O)C1C(=O)OC(C)C. The van der Waals surface area contributed by atoms with Crippen molar-refractivity contribution in [1.82, 2.24) is 0 Å². The van der Waals surface area contributed by atoms with Gasteiger partial charge in [-0.1, -0.05) is 20.3 Å². The summed E-state index contributed by atoms with van der Waals surface area (Å²) < 4.78 is 5.25. The molecule has 0 bridgehead atoms. The third-order valence-corrected chi connectivity index (χ3v) is 3.93. The van der Waals surface area contributed by atoms with Crippen LogP contribution in [0.3, 0.4) is 0 Å². The van der Waals surface area contributed by atoms with Gasteiger partial charge in [-0.25, -0.2) is 0 Å². The molecule has 0 aromatic heterocycles. The van der Waals surface area contributed by atoms with Crippen LogP contribution in [-0.2, 0) is 14.3 Å². The average molecular weight is 256 g/mol. The second kappa shape index (κ2) is 6.21. The number of esters is 1. The molecule has 4 unspecified atom stereocenters. The molecule has 0 radical (unpaired) electrons. The minimum absolute atomic E-state index is 0.0370. The molecular formula is C14H24O4. The van der Waals surface area contributed by atoms with Gasteiger partial charge in [-0.05, 0) is 38.5 Å². The lowest BCUT2D eigenvalue weighted by atomic mass is 9.66. The molecule has 0 heterocycles. The lowest BCUT2D eigenvalue weighted by molar-refractivity contribution is -0.168. The van der Waals surface area contributed by atoms with Crippen molar-refractivity contribution in [3.8, 4) is 0 Å². The van der Waals surface area contributed by atoms with Gasteiger partial charge in [0.1, 0.15) is 0 Å². The highest BCUT2D eigenvalue weighted by atomic mass is 16.5. The fraction of sp³-hybridized carbons (Fsp3) is 0.857. The minimum Gasteiger partial charge on any atom is -0.481 e. The Kier molecular flexibility index (Phi) is 5.17. The van der Waals surface area contributed by atoms with E-state index >= 15 is 0 Å². The molecule has 1 fully saturated rings. The highest BCUT2D eigenvalue weighted by Gasteiger charge is 2.46. The maximum atomic E-state index is 12.2. The van der Waals surface area contributed by atoms with E-state index in [-0.39, 0.29) is 23.9 Å². The lowest BCUT2D eigenvalue weighted by Gasteiger charge is -2.38. The van der Waals surface area contributed by atoms with Crippen LogP contribution in [0.5, 0.6) is 0 Å². The molecule has 4 nitrogen and oxygen atoms in total. The van der Waals surface area contributed by atoms with Crippen molar-refractivity contribution >= 4 is 11.9 Å². The van der Waals surface area contributed by atoms with Crippen LogP contribution in [0.2, 0.25) is 0 Å². The minimum atomic E-state index is -0.869. The normalized spacial score (nSPS) is 32.3. The molecule has 0 amide bonds. The monoisotopic (exact) mass is 256 g/mol. The molecule has 4 atom stereocenters. The molecule has 1 aliphatic carbocycles. The Labute approximate surface area is 109 Å². The predicted octanol–water partition coefficient (Wildman–Crippen LogP) is 2.71. The Morgan fingerprint density at radius 3 is 2.33 bits per heavy atom. The van der Waals surface area contributed by atoms with Gasteiger partial charge in [0.2, 0.25) is 0 Å². The number of hydrogen-bond acceptors (Lipinski definition) is 3. The molecule has 104 valence electrons. The first-order valence-electron chi connectivity index (χ1n) is 6.81. The maximum Gasteiger partial charge on any atom is 0.310 e. The summed E-state index contributed by atoms with van der Waals surface area (Å²) in [7, 11) is 0. The smallest absolute Gasteiger partial charge is 0.310 e. The predicted molar refractivity (Wildman–Crippen MR) is 68.0 cm³/mol. The van der Waals surface area contributed by atoms with Crippen molar-refractivity contribution in [1.29, 1.82) is 0 Å². The topological polar surface area (TPSA) is 63.6 Å². The van der Waals surface area contributed by atoms with E-state index in [2.05, 4.69) is 0 Å². The highest BCUT2D eigenvalue weighted by molar-refractivity contribution is 5.82. The summed E-state index contributed by atoms with van der Waals surface area (Å²) in [4.78, 5) is 23.6. The number of carbonyl (C=O) groups excluding carboxylic acids is 1. The van der Waals surface area contributed by atoms with E-state index in [9.17, 15) is 14.7 Å². The number of carboxylic acid groups (broad SMARTS) is 1. The first-order chi connectivity index (χ1) is 8.38. The van der Waals surface area contributed by atoms with Crippen LogP contribution in [0.25, 0.3) is 0 Å². The molecule has 1 rings (SSSR count). The van der Waals surface area contributed by atoms with Crippen molar-refractivity contribution in [3.63, 3.8) is 0 Å². The van der Waals surface area contributed by atoms with Crippen LogP contribution in [0.1, 0.15) is 47.0 Å². The van der Waals surface area contributed by atoms with Gasteiger partial charge in [-0.2, -0.15) is 0 Å².